The summed E-state index contributed by atoms with van der Waals surface area (Å²) in [6.45, 7) is 9.31. The van der Waals surface area contributed by atoms with Gasteiger partial charge in [0.1, 0.15) is 18.8 Å². The molecule has 3 atom stereocenters. The Morgan fingerprint density at radius 2 is 1.81 bits per heavy atom. The van der Waals surface area contributed by atoms with Crippen molar-refractivity contribution in [2.75, 3.05) is 13.2 Å². The van der Waals surface area contributed by atoms with E-state index in [4.69, 9.17) is 18.9 Å². The topological polar surface area (TPSA) is 71.1 Å². The predicted octanol–water partition coefficient (Wildman–Crippen LogP) is 1.82. The average Bonchev–Trinajstić information content (AvgIpc) is 2.34. The Labute approximate surface area is 125 Å². The first kappa shape index (κ1) is 17.7. The number of ether oxygens (including phenoxy) is 4. The Morgan fingerprint density at radius 1 is 1.14 bits per heavy atom. The summed E-state index contributed by atoms with van der Waals surface area (Å²) in [5.41, 5.74) is 0.00924. The SMILES string of the molecule is CC(=O)OC[C@H]1O[C@H](OCC(C)(C)C)C=C[C@@H]1OC(C)=O. The fourth-order valence-corrected chi connectivity index (χ4v) is 1.69. The third-order valence-electron chi connectivity index (χ3n) is 2.57. The van der Waals surface area contributed by atoms with E-state index >= 15 is 0 Å². The molecule has 0 N–H and O–H groups in total. The number of esters is 2. The first-order valence-electron chi connectivity index (χ1n) is 6.93. The lowest BCUT2D eigenvalue weighted by Gasteiger charge is -2.32. The van der Waals surface area contributed by atoms with E-state index in [1.54, 1.807) is 12.2 Å². The number of carbonyl (C=O) groups excluding carboxylic acids is 2. The zero-order valence-corrected chi connectivity index (χ0v) is 13.3. The van der Waals surface area contributed by atoms with Crippen molar-refractivity contribution in [3.8, 4) is 0 Å². The van der Waals surface area contributed by atoms with Gasteiger partial charge < -0.3 is 18.9 Å². The Kier molecular flexibility index (Phi) is 6.36. The molecule has 0 saturated heterocycles. The van der Waals surface area contributed by atoms with Gasteiger partial charge in [0.2, 0.25) is 0 Å². The van der Waals surface area contributed by atoms with Crippen LogP contribution in [0, 0.1) is 5.41 Å². The van der Waals surface area contributed by atoms with Crippen molar-refractivity contribution in [3.05, 3.63) is 12.2 Å². The van der Waals surface area contributed by atoms with Crippen molar-refractivity contribution in [1.29, 1.82) is 0 Å². The third-order valence-corrected chi connectivity index (χ3v) is 2.57. The second-order valence-corrected chi connectivity index (χ2v) is 6.18. The van der Waals surface area contributed by atoms with Crippen LogP contribution in [-0.4, -0.2) is 43.7 Å². The van der Waals surface area contributed by atoms with E-state index in [2.05, 4.69) is 20.8 Å². The quantitative estimate of drug-likeness (QED) is 0.570. The molecule has 6 heteroatoms. The minimum Gasteiger partial charge on any atom is -0.463 e. The second-order valence-electron chi connectivity index (χ2n) is 6.18. The molecule has 0 aromatic carbocycles. The Morgan fingerprint density at radius 3 is 2.33 bits per heavy atom. The van der Waals surface area contributed by atoms with E-state index < -0.39 is 30.4 Å². The molecule has 0 spiro atoms. The maximum absolute atomic E-state index is 11.1. The minimum atomic E-state index is -0.587. The Bertz CT molecular complexity index is 395. The van der Waals surface area contributed by atoms with Crippen molar-refractivity contribution in [2.45, 2.75) is 53.1 Å². The highest BCUT2D eigenvalue weighted by molar-refractivity contribution is 5.66. The molecule has 120 valence electrons. The van der Waals surface area contributed by atoms with Crippen LogP contribution in [0.2, 0.25) is 0 Å². The van der Waals surface area contributed by atoms with E-state index in [9.17, 15) is 9.59 Å². The molecule has 0 aromatic rings. The highest BCUT2D eigenvalue weighted by Gasteiger charge is 2.31. The maximum atomic E-state index is 11.1. The van der Waals surface area contributed by atoms with Gasteiger partial charge in [0.25, 0.3) is 0 Å². The maximum Gasteiger partial charge on any atom is 0.303 e. The number of hydrogen-bond donors (Lipinski definition) is 0. The molecule has 0 aliphatic carbocycles. The number of carbonyl (C=O) groups is 2. The monoisotopic (exact) mass is 300 g/mol. The molecule has 1 rings (SSSR count). The molecule has 1 aliphatic rings. The number of hydrogen-bond acceptors (Lipinski definition) is 6. The number of rotatable bonds is 5. The first-order valence-corrected chi connectivity index (χ1v) is 6.93. The lowest BCUT2D eigenvalue weighted by atomic mass is 9.99. The summed E-state index contributed by atoms with van der Waals surface area (Å²) in [7, 11) is 0. The molecule has 1 aliphatic heterocycles. The molecule has 1 heterocycles. The highest BCUT2D eigenvalue weighted by atomic mass is 16.7. The van der Waals surface area contributed by atoms with Crippen LogP contribution in [0.15, 0.2) is 12.2 Å². The molecule has 0 radical (unpaired) electrons. The lowest BCUT2D eigenvalue weighted by Crippen LogP contribution is -2.42. The smallest absolute Gasteiger partial charge is 0.303 e. The summed E-state index contributed by atoms with van der Waals surface area (Å²) in [4.78, 5) is 22.0. The van der Waals surface area contributed by atoms with Crippen molar-refractivity contribution in [2.24, 2.45) is 5.41 Å². The lowest BCUT2D eigenvalue weighted by molar-refractivity contribution is -0.202. The molecular weight excluding hydrogens is 276 g/mol. The first-order chi connectivity index (χ1) is 9.67. The molecule has 0 aromatic heterocycles. The van der Waals surface area contributed by atoms with Crippen LogP contribution in [-0.2, 0) is 28.5 Å². The van der Waals surface area contributed by atoms with E-state index in [1.165, 1.54) is 13.8 Å². The van der Waals surface area contributed by atoms with Crippen LogP contribution in [0.1, 0.15) is 34.6 Å². The molecule has 21 heavy (non-hydrogen) atoms. The standard InChI is InChI=1S/C15H24O6/c1-10(16)18-8-13-12(20-11(2)17)6-7-14(21-13)19-9-15(3,4)5/h6-7,12-14H,8-9H2,1-5H3/t12-,13+,14-/m0/s1. The van der Waals surface area contributed by atoms with Gasteiger partial charge in [-0.15, -0.1) is 0 Å². The van der Waals surface area contributed by atoms with E-state index in [1.807, 2.05) is 0 Å². The molecule has 0 amide bonds. The van der Waals surface area contributed by atoms with Crippen molar-refractivity contribution in [3.63, 3.8) is 0 Å². The van der Waals surface area contributed by atoms with Crippen molar-refractivity contribution >= 4 is 11.9 Å². The highest BCUT2D eigenvalue weighted by Crippen LogP contribution is 2.21. The molecule has 0 bridgehead atoms. The summed E-state index contributed by atoms with van der Waals surface area (Å²) in [6.07, 6.45) is 1.69. The van der Waals surface area contributed by atoms with Crippen LogP contribution in [0.4, 0.5) is 0 Å². The zero-order valence-electron chi connectivity index (χ0n) is 13.3. The van der Waals surface area contributed by atoms with Crippen LogP contribution < -0.4 is 0 Å². The van der Waals surface area contributed by atoms with E-state index in [0.29, 0.717) is 6.61 Å². The normalized spacial score (nSPS) is 25.5. The fraction of sp³-hybridized carbons (Fsp3) is 0.733. The van der Waals surface area contributed by atoms with Crippen LogP contribution in [0.5, 0.6) is 0 Å². The van der Waals surface area contributed by atoms with Crippen LogP contribution in [0.25, 0.3) is 0 Å². The van der Waals surface area contributed by atoms with Gasteiger partial charge in [-0.2, -0.15) is 0 Å². The predicted molar refractivity (Wildman–Crippen MR) is 75.4 cm³/mol. The summed E-state index contributed by atoms with van der Waals surface area (Å²) in [5.74, 6) is -0.836. The molecular formula is C15H24O6. The fourth-order valence-electron chi connectivity index (χ4n) is 1.69. The Hall–Kier alpha value is -1.40. The van der Waals surface area contributed by atoms with Gasteiger partial charge in [-0.25, -0.2) is 0 Å². The second kappa shape index (κ2) is 7.56. The van der Waals surface area contributed by atoms with E-state index in [-0.39, 0.29) is 12.0 Å². The molecule has 0 unspecified atom stereocenters. The minimum absolute atomic E-state index is 0.00694. The van der Waals surface area contributed by atoms with Gasteiger partial charge in [0, 0.05) is 13.8 Å². The van der Waals surface area contributed by atoms with Crippen LogP contribution >= 0.6 is 0 Å². The summed E-state index contributed by atoms with van der Waals surface area (Å²) >= 11 is 0. The van der Waals surface area contributed by atoms with Crippen molar-refractivity contribution < 1.29 is 28.5 Å². The molecule has 0 fully saturated rings. The zero-order chi connectivity index (χ0) is 16.0. The van der Waals surface area contributed by atoms with Gasteiger partial charge in [-0.05, 0) is 17.6 Å². The summed E-state index contributed by atoms with van der Waals surface area (Å²) in [6, 6.07) is 0. The molecule has 6 nitrogen and oxygen atoms in total. The average molecular weight is 300 g/mol. The van der Waals surface area contributed by atoms with Gasteiger partial charge in [-0.1, -0.05) is 20.8 Å². The van der Waals surface area contributed by atoms with Crippen LogP contribution in [0.3, 0.4) is 0 Å². The molecule has 0 saturated carbocycles. The van der Waals surface area contributed by atoms with Crippen molar-refractivity contribution in [1.82, 2.24) is 0 Å². The Balaban J connectivity index is 2.64. The van der Waals surface area contributed by atoms with Gasteiger partial charge >= 0.3 is 11.9 Å². The van der Waals surface area contributed by atoms with Gasteiger partial charge in [0.15, 0.2) is 6.29 Å². The largest absolute Gasteiger partial charge is 0.463 e. The van der Waals surface area contributed by atoms with Gasteiger partial charge in [-0.3, -0.25) is 9.59 Å². The van der Waals surface area contributed by atoms with E-state index in [0.717, 1.165) is 0 Å². The summed E-state index contributed by atoms with van der Waals surface area (Å²) < 4.78 is 21.4. The third kappa shape index (κ3) is 7.24. The van der Waals surface area contributed by atoms with Gasteiger partial charge in [0.05, 0.1) is 6.61 Å². The summed E-state index contributed by atoms with van der Waals surface area (Å²) in [5, 5.41) is 0.